The second-order valence-corrected chi connectivity index (χ2v) is 2.58. The molecule has 0 unspecified atom stereocenters. The first-order chi connectivity index (χ1) is 6.15. The van der Waals surface area contributed by atoms with Gasteiger partial charge in [0.1, 0.15) is 11.6 Å². The number of rotatable bonds is 1. The Balaban J connectivity index is 3.18. The summed E-state index contributed by atoms with van der Waals surface area (Å²) in [6, 6.07) is 5.05. The zero-order valence-corrected chi connectivity index (χ0v) is 7.01. The van der Waals surface area contributed by atoms with E-state index in [2.05, 4.69) is 0 Å². The van der Waals surface area contributed by atoms with Crippen LogP contribution < -0.4 is 0 Å². The van der Waals surface area contributed by atoms with E-state index < -0.39 is 11.6 Å². The lowest BCUT2D eigenvalue weighted by atomic mass is 10.1. The van der Waals surface area contributed by atoms with Gasteiger partial charge in [-0.25, -0.2) is 8.78 Å². The SMILES string of the molecule is CC(=CC#N)c1ccc(F)cc1F. The Bertz CT molecular complexity index is 388. The molecule has 66 valence electrons. The summed E-state index contributed by atoms with van der Waals surface area (Å²) in [5.41, 5.74) is 0.739. The molecule has 0 bridgehead atoms. The zero-order chi connectivity index (χ0) is 9.84. The minimum atomic E-state index is -0.649. The van der Waals surface area contributed by atoms with Crippen molar-refractivity contribution in [3.05, 3.63) is 41.5 Å². The van der Waals surface area contributed by atoms with E-state index in [4.69, 9.17) is 5.26 Å². The van der Waals surface area contributed by atoms with Crippen molar-refractivity contribution in [1.82, 2.24) is 0 Å². The van der Waals surface area contributed by atoms with Crippen LogP contribution in [0.15, 0.2) is 24.3 Å². The molecule has 1 aromatic carbocycles. The number of nitriles is 1. The second-order valence-electron chi connectivity index (χ2n) is 2.58. The highest BCUT2D eigenvalue weighted by molar-refractivity contribution is 5.66. The number of hydrogen-bond acceptors (Lipinski definition) is 1. The number of halogens is 2. The van der Waals surface area contributed by atoms with Crippen molar-refractivity contribution in [3.8, 4) is 6.07 Å². The molecule has 0 atom stereocenters. The maximum absolute atomic E-state index is 13.0. The van der Waals surface area contributed by atoms with Crippen LogP contribution in [0, 0.1) is 23.0 Å². The molecular formula is C10H7F2N. The van der Waals surface area contributed by atoms with Crippen LogP contribution >= 0.6 is 0 Å². The molecule has 0 heterocycles. The minimum absolute atomic E-state index is 0.253. The molecule has 0 amide bonds. The fourth-order valence-corrected chi connectivity index (χ4v) is 0.984. The smallest absolute Gasteiger partial charge is 0.133 e. The standard InChI is InChI=1S/C10H7F2N/c1-7(4-5-13)9-3-2-8(11)6-10(9)12/h2-4,6H,1H3. The Morgan fingerprint density at radius 1 is 1.46 bits per heavy atom. The van der Waals surface area contributed by atoms with Crippen LogP contribution in [-0.4, -0.2) is 0 Å². The zero-order valence-electron chi connectivity index (χ0n) is 7.01. The molecule has 0 N–H and O–H groups in total. The summed E-state index contributed by atoms with van der Waals surface area (Å²) >= 11 is 0. The van der Waals surface area contributed by atoms with Crippen LogP contribution in [0.2, 0.25) is 0 Å². The number of allylic oxidation sites excluding steroid dienone is 2. The monoisotopic (exact) mass is 179 g/mol. The van der Waals surface area contributed by atoms with Crippen molar-refractivity contribution in [2.24, 2.45) is 0 Å². The minimum Gasteiger partial charge on any atom is -0.207 e. The summed E-state index contributed by atoms with van der Waals surface area (Å²) in [6.45, 7) is 1.60. The van der Waals surface area contributed by atoms with Gasteiger partial charge in [-0.05, 0) is 24.6 Å². The molecule has 13 heavy (non-hydrogen) atoms. The normalized spacial score (nSPS) is 11.1. The van der Waals surface area contributed by atoms with Gasteiger partial charge in [-0.3, -0.25) is 0 Å². The van der Waals surface area contributed by atoms with Crippen molar-refractivity contribution in [2.45, 2.75) is 6.92 Å². The molecule has 1 aromatic rings. The van der Waals surface area contributed by atoms with Crippen LogP contribution in [0.25, 0.3) is 5.57 Å². The lowest BCUT2D eigenvalue weighted by Crippen LogP contribution is -1.87. The van der Waals surface area contributed by atoms with Gasteiger partial charge in [0.25, 0.3) is 0 Å². The summed E-state index contributed by atoms with van der Waals surface area (Å²) in [7, 11) is 0. The van der Waals surface area contributed by atoms with Gasteiger partial charge in [0.05, 0.1) is 6.07 Å². The van der Waals surface area contributed by atoms with Crippen LogP contribution in [0.4, 0.5) is 8.78 Å². The Kier molecular flexibility index (Phi) is 2.76. The van der Waals surface area contributed by atoms with E-state index in [0.29, 0.717) is 5.57 Å². The number of hydrogen-bond donors (Lipinski definition) is 0. The van der Waals surface area contributed by atoms with Crippen molar-refractivity contribution in [2.75, 3.05) is 0 Å². The van der Waals surface area contributed by atoms with Gasteiger partial charge in [-0.2, -0.15) is 5.26 Å². The van der Waals surface area contributed by atoms with E-state index in [1.807, 2.05) is 0 Å². The maximum Gasteiger partial charge on any atom is 0.133 e. The quantitative estimate of drug-likeness (QED) is 0.608. The number of benzene rings is 1. The van der Waals surface area contributed by atoms with Crippen LogP contribution in [-0.2, 0) is 0 Å². The first-order valence-electron chi connectivity index (χ1n) is 3.67. The highest BCUT2D eigenvalue weighted by Gasteiger charge is 2.04. The molecular weight excluding hydrogens is 172 g/mol. The molecule has 0 fully saturated rings. The van der Waals surface area contributed by atoms with E-state index in [1.54, 1.807) is 13.0 Å². The molecule has 0 saturated heterocycles. The van der Waals surface area contributed by atoms with Gasteiger partial charge in [-0.15, -0.1) is 0 Å². The van der Waals surface area contributed by atoms with E-state index >= 15 is 0 Å². The van der Waals surface area contributed by atoms with E-state index in [1.165, 1.54) is 12.1 Å². The van der Waals surface area contributed by atoms with Gasteiger partial charge in [0.15, 0.2) is 0 Å². The van der Waals surface area contributed by atoms with Crippen LogP contribution in [0.1, 0.15) is 12.5 Å². The lowest BCUT2D eigenvalue weighted by molar-refractivity contribution is 0.581. The third-order valence-electron chi connectivity index (χ3n) is 1.64. The summed E-state index contributed by atoms with van der Waals surface area (Å²) in [5, 5.41) is 8.32. The summed E-state index contributed by atoms with van der Waals surface area (Å²) in [6.07, 6.45) is 1.22. The molecule has 1 nitrogen and oxygen atoms in total. The van der Waals surface area contributed by atoms with Crippen LogP contribution in [0.3, 0.4) is 0 Å². The Morgan fingerprint density at radius 3 is 2.69 bits per heavy atom. The Labute approximate surface area is 74.9 Å². The lowest BCUT2D eigenvalue weighted by Gasteiger charge is -2.01. The molecule has 0 aromatic heterocycles. The molecule has 0 saturated carbocycles. The Hall–Kier alpha value is -1.69. The predicted octanol–water partition coefficient (Wildman–Crippen LogP) is 2.89. The molecule has 1 rings (SSSR count). The molecule has 0 spiro atoms. The summed E-state index contributed by atoms with van der Waals surface area (Å²) in [5.74, 6) is -1.27. The molecule has 0 aliphatic rings. The first kappa shape index (κ1) is 9.40. The first-order valence-corrected chi connectivity index (χ1v) is 3.67. The Morgan fingerprint density at radius 2 is 2.15 bits per heavy atom. The summed E-state index contributed by atoms with van der Waals surface area (Å²) < 4.78 is 25.5. The highest BCUT2D eigenvalue weighted by Crippen LogP contribution is 2.17. The third kappa shape index (κ3) is 2.12. The third-order valence-corrected chi connectivity index (χ3v) is 1.64. The van der Waals surface area contributed by atoms with Crippen molar-refractivity contribution in [3.63, 3.8) is 0 Å². The average Bonchev–Trinajstić information content (AvgIpc) is 2.04. The van der Waals surface area contributed by atoms with Crippen molar-refractivity contribution >= 4 is 5.57 Å². The van der Waals surface area contributed by atoms with Crippen LogP contribution in [0.5, 0.6) is 0 Å². The second kappa shape index (κ2) is 3.81. The van der Waals surface area contributed by atoms with E-state index in [9.17, 15) is 8.78 Å². The fraction of sp³-hybridized carbons (Fsp3) is 0.100. The van der Waals surface area contributed by atoms with Gasteiger partial charge in [-0.1, -0.05) is 0 Å². The molecule has 3 heteroatoms. The highest BCUT2D eigenvalue weighted by atomic mass is 19.1. The largest absolute Gasteiger partial charge is 0.207 e. The van der Waals surface area contributed by atoms with E-state index in [-0.39, 0.29) is 5.56 Å². The van der Waals surface area contributed by atoms with Gasteiger partial charge in [0, 0.05) is 17.7 Å². The molecule has 0 aliphatic heterocycles. The maximum atomic E-state index is 13.0. The summed E-state index contributed by atoms with van der Waals surface area (Å²) in [4.78, 5) is 0. The molecule has 0 radical (unpaired) electrons. The van der Waals surface area contributed by atoms with Gasteiger partial charge < -0.3 is 0 Å². The average molecular weight is 179 g/mol. The van der Waals surface area contributed by atoms with Gasteiger partial charge >= 0.3 is 0 Å². The van der Waals surface area contributed by atoms with Gasteiger partial charge in [0.2, 0.25) is 0 Å². The van der Waals surface area contributed by atoms with Crippen molar-refractivity contribution < 1.29 is 8.78 Å². The van der Waals surface area contributed by atoms with Crippen molar-refractivity contribution in [1.29, 1.82) is 5.26 Å². The van der Waals surface area contributed by atoms with E-state index in [0.717, 1.165) is 12.1 Å². The molecule has 0 aliphatic carbocycles. The topological polar surface area (TPSA) is 23.8 Å². The number of nitrogens with zero attached hydrogens (tertiary/aromatic N) is 1. The predicted molar refractivity (Wildman–Crippen MR) is 45.6 cm³/mol. The fourth-order valence-electron chi connectivity index (χ4n) is 0.984.